The van der Waals surface area contributed by atoms with E-state index in [-0.39, 0.29) is 12.5 Å². The summed E-state index contributed by atoms with van der Waals surface area (Å²) in [5.41, 5.74) is 1.68. The predicted molar refractivity (Wildman–Crippen MR) is 69.5 cm³/mol. The van der Waals surface area contributed by atoms with E-state index in [9.17, 15) is 4.79 Å². The molecular weight excluding hydrogens is 230 g/mol. The van der Waals surface area contributed by atoms with Crippen LogP contribution < -0.4 is 5.32 Å². The summed E-state index contributed by atoms with van der Waals surface area (Å²) in [5.74, 6) is -0.111. The Morgan fingerprint density at radius 2 is 2.11 bits per heavy atom. The lowest BCUT2D eigenvalue weighted by Crippen LogP contribution is -2.17. The number of aromatic nitrogens is 2. The Hall–Kier alpha value is -2.17. The van der Waals surface area contributed by atoms with E-state index in [4.69, 9.17) is 5.11 Å². The average molecular weight is 245 g/mol. The van der Waals surface area contributed by atoms with Gasteiger partial charge in [0.2, 0.25) is 0 Å². The molecule has 0 spiro atoms. The number of nitrogens with zero attached hydrogens (tertiary/aromatic N) is 2. The molecule has 0 fully saturated rings. The Morgan fingerprint density at radius 3 is 2.83 bits per heavy atom. The van der Waals surface area contributed by atoms with E-state index in [0.29, 0.717) is 12.2 Å². The molecule has 2 rings (SSSR count). The van der Waals surface area contributed by atoms with Gasteiger partial charge in [0.05, 0.1) is 17.2 Å². The maximum Gasteiger partial charge on any atom is 0.303 e. The Morgan fingerprint density at radius 1 is 1.39 bits per heavy atom. The van der Waals surface area contributed by atoms with Crippen molar-refractivity contribution in [3.63, 3.8) is 0 Å². The second-order valence-electron chi connectivity index (χ2n) is 4.22. The van der Waals surface area contributed by atoms with Crippen LogP contribution in [0.1, 0.15) is 19.8 Å². The van der Waals surface area contributed by atoms with Gasteiger partial charge in [0.1, 0.15) is 5.82 Å². The topological polar surface area (TPSA) is 75.1 Å². The van der Waals surface area contributed by atoms with Gasteiger partial charge in [-0.05, 0) is 25.5 Å². The molecule has 0 aliphatic rings. The van der Waals surface area contributed by atoms with Crippen molar-refractivity contribution >= 4 is 22.8 Å². The third-order valence-corrected chi connectivity index (χ3v) is 2.63. The van der Waals surface area contributed by atoms with Gasteiger partial charge >= 0.3 is 5.97 Å². The van der Waals surface area contributed by atoms with E-state index < -0.39 is 5.97 Å². The molecule has 0 aliphatic heterocycles. The van der Waals surface area contributed by atoms with Gasteiger partial charge in [0.15, 0.2) is 0 Å². The van der Waals surface area contributed by atoms with Crippen LogP contribution in [0.15, 0.2) is 30.5 Å². The van der Waals surface area contributed by atoms with Crippen LogP contribution in [0.2, 0.25) is 0 Å². The molecule has 94 valence electrons. The van der Waals surface area contributed by atoms with Crippen molar-refractivity contribution in [2.24, 2.45) is 0 Å². The molecule has 0 aliphatic carbocycles. The number of fused-ring (bicyclic) bond motifs is 1. The second-order valence-corrected chi connectivity index (χ2v) is 4.22. The van der Waals surface area contributed by atoms with E-state index in [2.05, 4.69) is 15.3 Å². The highest BCUT2D eigenvalue weighted by Gasteiger charge is 2.06. The maximum absolute atomic E-state index is 10.5. The van der Waals surface area contributed by atoms with Crippen LogP contribution in [0.25, 0.3) is 11.0 Å². The number of para-hydroxylation sites is 2. The molecule has 0 bridgehead atoms. The minimum absolute atomic E-state index is 0.0524. The average Bonchev–Trinajstić information content (AvgIpc) is 2.36. The van der Waals surface area contributed by atoms with Crippen molar-refractivity contribution in [2.75, 3.05) is 5.32 Å². The molecule has 1 aromatic carbocycles. The summed E-state index contributed by atoms with van der Waals surface area (Å²) in [7, 11) is 0. The van der Waals surface area contributed by atoms with Gasteiger partial charge in [-0.3, -0.25) is 9.78 Å². The highest BCUT2D eigenvalue weighted by molar-refractivity contribution is 5.75. The minimum atomic E-state index is -0.784. The van der Waals surface area contributed by atoms with Crippen molar-refractivity contribution in [3.8, 4) is 0 Å². The summed E-state index contributed by atoms with van der Waals surface area (Å²) < 4.78 is 0. The van der Waals surface area contributed by atoms with E-state index >= 15 is 0 Å². The number of aliphatic carboxylic acids is 1. The molecule has 0 saturated carbocycles. The molecular formula is C13H15N3O2. The van der Waals surface area contributed by atoms with Gasteiger partial charge in [-0.1, -0.05) is 12.1 Å². The molecule has 0 radical (unpaired) electrons. The number of anilines is 1. The van der Waals surface area contributed by atoms with E-state index in [1.165, 1.54) is 0 Å². The molecule has 5 heteroatoms. The Balaban J connectivity index is 2.05. The molecule has 2 aromatic rings. The number of benzene rings is 1. The Labute approximate surface area is 105 Å². The smallest absolute Gasteiger partial charge is 0.303 e. The van der Waals surface area contributed by atoms with Crippen LogP contribution in [0.3, 0.4) is 0 Å². The third kappa shape index (κ3) is 3.16. The van der Waals surface area contributed by atoms with Gasteiger partial charge in [0.25, 0.3) is 0 Å². The standard InChI is InChI=1S/C13H15N3O2/c1-9(6-7-13(17)18)15-12-8-14-10-4-2-3-5-11(10)16-12/h2-5,8-9H,6-7H2,1H3,(H,15,16)(H,17,18). The summed E-state index contributed by atoms with van der Waals surface area (Å²) in [6.07, 6.45) is 2.37. The Bertz CT molecular complexity index is 557. The third-order valence-electron chi connectivity index (χ3n) is 2.63. The lowest BCUT2D eigenvalue weighted by molar-refractivity contribution is -0.137. The van der Waals surface area contributed by atoms with Crippen LogP contribution >= 0.6 is 0 Å². The monoisotopic (exact) mass is 245 g/mol. The molecule has 5 nitrogen and oxygen atoms in total. The van der Waals surface area contributed by atoms with E-state index in [1.807, 2.05) is 31.2 Å². The van der Waals surface area contributed by atoms with Crippen LogP contribution in [0.5, 0.6) is 0 Å². The highest BCUT2D eigenvalue weighted by Crippen LogP contribution is 2.13. The van der Waals surface area contributed by atoms with Gasteiger partial charge in [0, 0.05) is 12.5 Å². The van der Waals surface area contributed by atoms with Crippen molar-refractivity contribution in [1.29, 1.82) is 0 Å². The summed E-state index contributed by atoms with van der Waals surface area (Å²) >= 11 is 0. The summed E-state index contributed by atoms with van der Waals surface area (Å²) in [4.78, 5) is 19.2. The van der Waals surface area contributed by atoms with Gasteiger partial charge in [-0.15, -0.1) is 0 Å². The normalized spacial score (nSPS) is 12.3. The van der Waals surface area contributed by atoms with Crippen LogP contribution in [-0.4, -0.2) is 27.1 Å². The zero-order valence-electron chi connectivity index (χ0n) is 10.1. The number of rotatable bonds is 5. The number of carboxylic acid groups (broad SMARTS) is 1. The largest absolute Gasteiger partial charge is 0.481 e. The fraction of sp³-hybridized carbons (Fsp3) is 0.308. The second kappa shape index (κ2) is 5.44. The molecule has 2 N–H and O–H groups in total. The number of hydrogen-bond donors (Lipinski definition) is 2. The quantitative estimate of drug-likeness (QED) is 0.845. The fourth-order valence-electron chi connectivity index (χ4n) is 1.69. The summed E-state index contributed by atoms with van der Waals surface area (Å²) in [6.45, 7) is 1.93. The Kier molecular flexibility index (Phi) is 3.72. The van der Waals surface area contributed by atoms with Crippen molar-refractivity contribution < 1.29 is 9.90 Å². The minimum Gasteiger partial charge on any atom is -0.481 e. The zero-order valence-corrected chi connectivity index (χ0v) is 10.1. The fourth-order valence-corrected chi connectivity index (χ4v) is 1.69. The first kappa shape index (κ1) is 12.3. The molecule has 0 amide bonds. The zero-order chi connectivity index (χ0) is 13.0. The molecule has 1 heterocycles. The summed E-state index contributed by atoms with van der Waals surface area (Å²) in [5, 5.41) is 11.8. The first-order valence-electron chi connectivity index (χ1n) is 5.85. The first-order valence-corrected chi connectivity index (χ1v) is 5.85. The lowest BCUT2D eigenvalue weighted by atomic mass is 10.2. The number of hydrogen-bond acceptors (Lipinski definition) is 4. The number of carbonyl (C=O) groups is 1. The lowest BCUT2D eigenvalue weighted by Gasteiger charge is -2.13. The van der Waals surface area contributed by atoms with Gasteiger partial charge in [-0.2, -0.15) is 0 Å². The van der Waals surface area contributed by atoms with Gasteiger partial charge in [-0.25, -0.2) is 4.98 Å². The molecule has 1 atom stereocenters. The molecule has 0 saturated heterocycles. The van der Waals surface area contributed by atoms with Crippen LogP contribution in [-0.2, 0) is 4.79 Å². The SMILES string of the molecule is CC(CCC(=O)O)Nc1cnc2ccccc2n1. The van der Waals surface area contributed by atoms with Crippen molar-refractivity contribution in [1.82, 2.24) is 9.97 Å². The van der Waals surface area contributed by atoms with Crippen LogP contribution in [0, 0.1) is 0 Å². The van der Waals surface area contributed by atoms with Crippen LogP contribution in [0.4, 0.5) is 5.82 Å². The van der Waals surface area contributed by atoms with Crippen molar-refractivity contribution in [3.05, 3.63) is 30.5 Å². The van der Waals surface area contributed by atoms with E-state index in [0.717, 1.165) is 11.0 Å². The molecule has 1 aromatic heterocycles. The molecule has 1 unspecified atom stereocenters. The van der Waals surface area contributed by atoms with Gasteiger partial charge < -0.3 is 10.4 Å². The molecule has 18 heavy (non-hydrogen) atoms. The maximum atomic E-state index is 10.5. The first-order chi connectivity index (χ1) is 8.65. The highest BCUT2D eigenvalue weighted by atomic mass is 16.4. The predicted octanol–water partition coefficient (Wildman–Crippen LogP) is 2.29. The van der Waals surface area contributed by atoms with Crippen molar-refractivity contribution in [2.45, 2.75) is 25.8 Å². The summed E-state index contributed by atoms with van der Waals surface area (Å²) in [6, 6.07) is 7.68. The number of nitrogens with one attached hydrogen (secondary N) is 1. The number of carboxylic acids is 1. The van der Waals surface area contributed by atoms with E-state index in [1.54, 1.807) is 6.20 Å².